The molecule has 0 aromatic carbocycles. The maximum Gasteiger partial charge on any atom is 0.471 e. The SMILES string of the molecule is CN(C)OC(=O)N=NC(=O)O. The minimum absolute atomic E-state index is 1.07. The molecule has 0 saturated heterocycles. The van der Waals surface area contributed by atoms with Crippen molar-refractivity contribution < 1.29 is 19.5 Å². The van der Waals surface area contributed by atoms with E-state index in [4.69, 9.17) is 5.11 Å². The lowest BCUT2D eigenvalue weighted by Gasteiger charge is -2.04. The number of hydrogen-bond donors (Lipinski definition) is 1. The fourth-order valence-corrected chi connectivity index (χ4v) is 0.258. The average Bonchev–Trinajstić information content (AvgIpc) is 1.82. The van der Waals surface area contributed by atoms with E-state index in [-0.39, 0.29) is 0 Å². The third-order valence-corrected chi connectivity index (χ3v) is 0.478. The fourth-order valence-electron chi connectivity index (χ4n) is 0.258. The standard InChI is InChI=1S/C4H7N3O4/c1-7(2)11-4(10)6-5-3(8)9/h1-2H3,(H,8,9). The summed E-state index contributed by atoms with van der Waals surface area (Å²) in [5.74, 6) is 0. The zero-order chi connectivity index (χ0) is 8.85. The van der Waals surface area contributed by atoms with Crippen LogP contribution in [0, 0.1) is 0 Å². The maximum absolute atomic E-state index is 10.4. The first-order valence-corrected chi connectivity index (χ1v) is 2.56. The van der Waals surface area contributed by atoms with Crippen molar-refractivity contribution in [1.29, 1.82) is 0 Å². The summed E-state index contributed by atoms with van der Waals surface area (Å²) in [7, 11) is 2.91. The van der Waals surface area contributed by atoms with Crippen LogP contribution in [0.25, 0.3) is 0 Å². The zero-order valence-electron chi connectivity index (χ0n) is 6.01. The summed E-state index contributed by atoms with van der Waals surface area (Å²) >= 11 is 0. The molecule has 0 spiro atoms. The molecule has 0 radical (unpaired) electrons. The van der Waals surface area contributed by atoms with E-state index < -0.39 is 12.2 Å². The molecule has 7 nitrogen and oxygen atoms in total. The molecule has 0 rings (SSSR count). The lowest BCUT2D eigenvalue weighted by molar-refractivity contribution is -0.0506. The van der Waals surface area contributed by atoms with E-state index in [1.807, 2.05) is 0 Å². The van der Waals surface area contributed by atoms with Gasteiger partial charge in [0.15, 0.2) is 0 Å². The molecule has 1 N–H and O–H groups in total. The lowest BCUT2D eigenvalue weighted by Crippen LogP contribution is -2.15. The lowest BCUT2D eigenvalue weighted by atomic mass is 11.2. The van der Waals surface area contributed by atoms with Crippen LogP contribution in [0.2, 0.25) is 0 Å². The van der Waals surface area contributed by atoms with Gasteiger partial charge in [0.2, 0.25) is 0 Å². The number of nitrogens with zero attached hydrogens (tertiary/aromatic N) is 3. The van der Waals surface area contributed by atoms with E-state index in [9.17, 15) is 9.59 Å². The molecule has 0 aromatic rings. The van der Waals surface area contributed by atoms with Gasteiger partial charge in [-0.2, -0.15) is 0 Å². The van der Waals surface area contributed by atoms with Gasteiger partial charge in [-0.25, -0.2) is 9.59 Å². The van der Waals surface area contributed by atoms with Gasteiger partial charge in [-0.05, 0) is 0 Å². The summed E-state index contributed by atoms with van der Waals surface area (Å²) in [6, 6.07) is 0. The smallest absolute Gasteiger partial charge is 0.462 e. The van der Waals surface area contributed by atoms with Crippen LogP contribution >= 0.6 is 0 Å². The summed E-state index contributed by atoms with van der Waals surface area (Å²) in [6.07, 6.45) is -2.61. The van der Waals surface area contributed by atoms with Gasteiger partial charge in [0.1, 0.15) is 0 Å². The summed E-state index contributed by atoms with van der Waals surface area (Å²) in [5.41, 5.74) is 0. The Morgan fingerprint density at radius 1 is 1.36 bits per heavy atom. The van der Waals surface area contributed by atoms with Crippen molar-refractivity contribution in [3.8, 4) is 0 Å². The molecule has 7 heteroatoms. The van der Waals surface area contributed by atoms with Crippen molar-refractivity contribution in [2.45, 2.75) is 0 Å². The van der Waals surface area contributed by atoms with E-state index >= 15 is 0 Å². The average molecular weight is 161 g/mol. The first kappa shape index (κ1) is 9.50. The van der Waals surface area contributed by atoms with E-state index in [1.165, 1.54) is 14.1 Å². The Morgan fingerprint density at radius 3 is 2.27 bits per heavy atom. The van der Waals surface area contributed by atoms with Crippen molar-refractivity contribution in [2.24, 2.45) is 10.2 Å². The van der Waals surface area contributed by atoms with Crippen LogP contribution in [-0.4, -0.2) is 36.5 Å². The summed E-state index contributed by atoms with van der Waals surface area (Å²) in [5, 5.41) is 14.2. The molecule has 0 aliphatic carbocycles. The topological polar surface area (TPSA) is 91.6 Å². The third kappa shape index (κ3) is 6.38. The number of carboxylic acid groups (broad SMARTS) is 1. The Hall–Kier alpha value is -1.50. The number of amides is 2. The highest BCUT2D eigenvalue weighted by molar-refractivity contribution is 5.71. The Labute approximate surface area is 62.2 Å². The summed E-state index contributed by atoms with van der Waals surface area (Å²) < 4.78 is 0. The molecule has 0 unspecified atom stereocenters. The predicted octanol–water partition coefficient (Wildman–Crippen LogP) is 0.730. The monoisotopic (exact) mass is 161 g/mol. The minimum atomic E-state index is -1.54. The van der Waals surface area contributed by atoms with Gasteiger partial charge in [-0.3, -0.25) is 0 Å². The first-order chi connectivity index (χ1) is 5.02. The number of carbonyl (C=O) groups is 2. The van der Waals surface area contributed by atoms with Gasteiger partial charge in [-0.1, -0.05) is 10.2 Å². The van der Waals surface area contributed by atoms with Crippen LogP contribution < -0.4 is 0 Å². The van der Waals surface area contributed by atoms with Crippen LogP contribution in [0.15, 0.2) is 10.2 Å². The third-order valence-electron chi connectivity index (χ3n) is 0.478. The van der Waals surface area contributed by atoms with E-state index in [1.54, 1.807) is 0 Å². The molecule has 0 atom stereocenters. The van der Waals surface area contributed by atoms with Crippen LogP contribution in [0.1, 0.15) is 0 Å². The van der Waals surface area contributed by atoms with E-state index in [0.717, 1.165) is 5.06 Å². The summed E-state index contributed by atoms with van der Waals surface area (Å²) in [6.45, 7) is 0. The number of azo groups is 1. The van der Waals surface area contributed by atoms with Gasteiger partial charge >= 0.3 is 12.2 Å². The molecule has 0 heterocycles. The molecule has 0 fully saturated rings. The number of rotatable bonds is 1. The molecule has 11 heavy (non-hydrogen) atoms. The molecule has 0 bridgehead atoms. The highest BCUT2D eigenvalue weighted by atomic mass is 16.7. The second-order valence-corrected chi connectivity index (χ2v) is 1.65. The van der Waals surface area contributed by atoms with Crippen molar-refractivity contribution in [2.75, 3.05) is 14.1 Å². The van der Waals surface area contributed by atoms with Crippen molar-refractivity contribution in [1.82, 2.24) is 5.06 Å². The van der Waals surface area contributed by atoms with Gasteiger partial charge in [0.25, 0.3) is 0 Å². The highest BCUT2D eigenvalue weighted by Gasteiger charge is 2.01. The molecule has 0 aliphatic rings. The Morgan fingerprint density at radius 2 is 1.91 bits per heavy atom. The van der Waals surface area contributed by atoms with Crippen LogP contribution in [0.3, 0.4) is 0 Å². The largest absolute Gasteiger partial charge is 0.471 e. The number of hydrogen-bond acceptors (Lipinski definition) is 4. The van der Waals surface area contributed by atoms with Gasteiger partial charge in [0, 0.05) is 14.1 Å². The van der Waals surface area contributed by atoms with Crippen LogP contribution in [0.5, 0.6) is 0 Å². The fraction of sp³-hybridized carbons (Fsp3) is 0.500. The Bertz CT molecular complexity index is 188. The molecule has 2 amide bonds. The Kier molecular flexibility index (Phi) is 3.75. The second-order valence-electron chi connectivity index (χ2n) is 1.65. The minimum Gasteiger partial charge on any atom is -0.462 e. The van der Waals surface area contributed by atoms with E-state index in [2.05, 4.69) is 15.1 Å². The van der Waals surface area contributed by atoms with Crippen LogP contribution in [0.4, 0.5) is 9.59 Å². The van der Waals surface area contributed by atoms with Crippen molar-refractivity contribution >= 4 is 12.2 Å². The quantitative estimate of drug-likeness (QED) is 0.452. The Balaban J connectivity index is 3.78. The first-order valence-electron chi connectivity index (χ1n) is 2.56. The predicted molar refractivity (Wildman–Crippen MR) is 33.0 cm³/mol. The van der Waals surface area contributed by atoms with Gasteiger partial charge in [0.05, 0.1) is 0 Å². The molecule has 62 valence electrons. The van der Waals surface area contributed by atoms with Gasteiger partial charge < -0.3 is 9.94 Å². The molecule has 0 saturated carbocycles. The number of carbonyl (C=O) groups excluding carboxylic acids is 1. The van der Waals surface area contributed by atoms with E-state index in [0.29, 0.717) is 0 Å². The van der Waals surface area contributed by atoms with Crippen LogP contribution in [-0.2, 0) is 4.84 Å². The van der Waals surface area contributed by atoms with Crippen molar-refractivity contribution in [3.05, 3.63) is 0 Å². The second kappa shape index (κ2) is 4.34. The maximum atomic E-state index is 10.4. The van der Waals surface area contributed by atoms with Crippen molar-refractivity contribution in [3.63, 3.8) is 0 Å². The number of hydroxylamine groups is 2. The zero-order valence-corrected chi connectivity index (χ0v) is 6.01. The molecular formula is C4H7N3O4. The molecule has 0 aliphatic heterocycles. The molecular weight excluding hydrogens is 154 g/mol. The van der Waals surface area contributed by atoms with Gasteiger partial charge in [-0.15, -0.1) is 5.06 Å². The summed E-state index contributed by atoms with van der Waals surface area (Å²) in [4.78, 5) is 24.3. The molecule has 0 aromatic heterocycles. The highest BCUT2D eigenvalue weighted by Crippen LogP contribution is 1.87. The normalized spacial score (nSPS) is 10.5.